The molecule has 2 aromatic carbocycles. The average Bonchev–Trinajstić information content (AvgIpc) is 2.81. The quantitative estimate of drug-likeness (QED) is 0.415. The van der Waals surface area contributed by atoms with Gasteiger partial charge in [-0.05, 0) is 51.5 Å². The predicted octanol–water partition coefficient (Wildman–Crippen LogP) is 4.50. The number of sulfonamides is 1. The number of anilines is 1. The highest BCUT2D eigenvalue weighted by Gasteiger charge is 2.34. The third-order valence-corrected chi connectivity index (χ3v) is 7.44. The van der Waals surface area contributed by atoms with Crippen LogP contribution in [0.3, 0.4) is 0 Å². The molecule has 9 nitrogen and oxygen atoms in total. The molecule has 0 aliphatic heterocycles. The minimum absolute atomic E-state index is 0.111. The lowest BCUT2D eigenvalue weighted by Gasteiger charge is -2.35. The Labute approximate surface area is 235 Å². The summed E-state index contributed by atoms with van der Waals surface area (Å²) in [6, 6.07) is 8.62. The van der Waals surface area contributed by atoms with Gasteiger partial charge in [0.05, 0.1) is 26.2 Å². The van der Waals surface area contributed by atoms with E-state index in [9.17, 15) is 18.0 Å². The third-order valence-electron chi connectivity index (χ3n) is 5.61. The molecule has 0 bridgehead atoms. The molecular weight excluding hydrogens is 553 g/mol. The van der Waals surface area contributed by atoms with Gasteiger partial charge in [-0.2, -0.15) is 0 Å². The molecule has 210 valence electrons. The highest BCUT2D eigenvalue weighted by Crippen LogP contribution is 2.34. The van der Waals surface area contributed by atoms with Crippen molar-refractivity contribution in [2.75, 3.05) is 31.3 Å². The fourth-order valence-corrected chi connectivity index (χ4v) is 5.17. The number of amides is 2. The maximum atomic E-state index is 13.9. The first-order chi connectivity index (χ1) is 17.6. The summed E-state index contributed by atoms with van der Waals surface area (Å²) in [5, 5.41) is 3.53. The second kappa shape index (κ2) is 12.9. The maximum absolute atomic E-state index is 13.9. The molecule has 0 saturated heterocycles. The van der Waals surface area contributed by atoms with Gasteiger partial charge < -0.3 is 19.7 Å². The minimum atomic E-state index is -3.98. The smallest absolute Gasteiger partial charge is 0.244 e. The van der Waals surface area contributed by atoms with E-state index in [0.29, 0.717) is 21.4 Å². The number of benzene rings is 2. The van der Waals surface area contributed by atoms with E-state index < -0.39 is 34.1 Å². The normalized spacial score (nSPS) is 12.4. The van der Waals surface area contributed by atoms with E-state index in [2.05, 4.69) is 5.32 Å². The van der Waals surface area contributed by atoms with Crippen LogP contribution >= 0.6 is 23.2 Å². The Bertz CT molecular complexity index is 1240. The Morgan fingerprint density at radius 1 is 1.05 bits per heavy atom. The van der Waals surface area contributed by atoms with Crippen molar-refractivity contribution < 1.29 is 27.5 Å². The van der Waals surface area contributed by atoms with Crippen molar-refractivity contribution in [1.82, 2.24) is 10.2 Å². The van der Waals surface area contributed by atoms with Crippen LogP contribution in [0.25, 0.3) is 0 Å². The van der Waals surface area contributed by atoms with Crippen LogP contribution in [0.1, 0.15) is 39.7 Å². The summed E-state index contributed by atoms with van der Waals surface area (Å²) in [5.74, 6) is -0.423. The largest absolute Gasteiger partial charge is 0.497 e. The molecule has 0 radical (unpaired) electrons. The van der Waals surface area contributed by atoms with Crippen LogP contribution < -0.4 is 19.1 Å². The first-order valence-corrected chi connectivity index (χ1v) is 14.5. The standard InChI is InChI=1S/C26H35Cl2N3O6S/c1-8-21(25(33)29-26(2,3)4)30(15-18-19(27)10-9-11-20(18)28)24(32)16-31(38(7,34)35)22-14-17(36-5)12-13-23(22)37-6/h9-14,21H,8,15-16H2,1-7H3,(H,29,33)/t21-/m0/s1. The molecule has 38 heavy (non-hydrogen) atoms. The third kappa shape index (κ3) is 8.15. The fraction of sp³-hybridized carbons (Fsp3) is 0.462. The van der Waals surface area contributed by atoms with E-state index in [0.717, 1.165) is 10.6 Å². The van der Waals surface area contributed by atoms with E-state index in [1.54, 1.807) is 37.3 Å². The van der Waals surface area contributed by atoms with Gasteiger partial charge in [-0.15, -0.1) is 0 Å². The van der Waals surface area contributed by atoms with Crippen LogP contribution in [-0.2, 0) is 26.2 Å². The molecule has 0 aliphatic rings. The molecule has 2 amide bonds. The number of carbonyl (C=O) groups is 2. The molecule has 12 heteroatoms. The van der Waals surface area contributed by atoms with E-state index in [1.807, 2.05) is 20.8 Å². The van der Waals surface area contributed by atoms with E-state index in [4.69, 9.17) is 32.7 Å². The van der Waals surface area contributed by atoms with Crippen LogP contribution in [0.15, 0.2) is 36.4 Å². The second-order valence-corrected chi connectivity index (χ2v) is 12.4. The van der Waals surface area contributed by atoms with Crippen molar-refractivity contribution in [3.63, 3.8) is 0 Å². The SMILES string of the molecule is CC[C@@H](C(=O)NC(C)(C)C)N(Cc1c(Cl)cccc1Cl)C(=O)CN(c1cc(OC)ccc1OC)S(C)(=O)=O. The number of hydrogen-bond acceptors (Lipinski definition) is 6. The number of nitrogens with zero attached hydrogens (tertiary/aromatic N) is 2. The number of halogens is 2. The van der Waals surface area contributed by atoms with Crippen LogP contribution in [0.2, 0.25) is 10.0 Å². The number of ether oxygens (including phenoxy) is 2. The van der Waals surface area contributed by atoms with Gasteiger partial charge in [0.2, 0.25) is 21.8 Å². The highest BCUT2D eigenvalue weighted by atomic mass is 35.5. The molecule has 0 heterocycles. The van der Waals surface area contributed by atoms with Gasteiger partial charge >= 0.3 is 0 Å². The number of carbonyl (C=O) groups excluding carboxylic acids is 2. The Balaban J connectivity index is 2.61. The lowest BCUT2D eigenvalue weighted by atomic mass is 10.1. The van der Waals surface area contributed by atoms with Gasteiger partial charge in [-0.3, -0.25) is 13.9 Å². The topological polar surface area (TPSA) is 105 Å². The summed E-state index contributed by atoms with van der Waals surface area (Å²) >= 11 is 12.8. The molecule has 1 atom stereocenters. The van der Waals surface area contributed by atoms with Gasteiger partial charge in [0.15, 0.2) is 0 Å². The van der Waals surface area contributed by atoms with Gasteiger partial charge in [0.25, 0.3) is 0 Å². The van der Waals surface area contributed by atoms with Crippen molar-refractivity contribution in [2.24, 2.45) is 0 Å². The monoisotopic (exact) mass is 587 g/mol. The summed E-state index contributed by atoms with van der Waals surface area (Å²) < 4.78 is 37.4. The zero-order valence-electron chi connectivity index (χ0n) is 22.7. The lowest BCUT2D eigenvalue weighted by molar-refractivity contribution is -0.141. The Kier molecular flexibility index (Phi) is 10.7. The van der Waals surface area contributed by atoms with Crippen LogP contribution in [0.4, 0.5) is 5.69 Å². The number of methoxy groups -OCH3 is 2. The summed E-state index contributed by atoms with van der Waals surface area (Å²) in [5.41, 5.74) is -0.00439. The van der Waals surface area contributed by atoms with Crippen molar-refractivity contribution >= 4 is 50.7 Å². The molecule has 0 aliphatic carbocycles. The van der Waals surface area contributed by atoms with Crippen molar-refractivity contribution in [2.45, 2.75) is 52.2 Å². The lowest BCUT2D eigenvalue weighted by Crippen LogP contribution is -2.55. The number of hydrogen-bond donors (Lipinski definition) is 1. The van der Waals surface area contributed by atoms with Crippen LogP contribution in [0, 0.1) is 0 Å². The fourth-order valence-electron chi connectivity index (χ4n) is 3.81. The van der Waals surface area contributed by atoms with Gasteiger partial charge in [-0.1, -0.05) is 36.2 Å². The van der Waals surface area contributed by atoms with Crippen molar-refractivity contribution in [3.05, 3.63) is 52.0 Å². The van der Waals surface area contributed by atoms with E-state index >= 15 is 0 Å². The highest BCUT2D eigenvalue weighted by molar-refractivity contribution is 7.92. The molecule has 0 aromatic heterocycles. The van der Waals surface area contributed by atoms with Crippen molar-refractivity contribution in [3.8, 4) is 11.5 Å². The van der Waals surface area contributed by atoms with Gasteiger partial charge in [0.1, 0.15) is 24.1 Å². The Morgan fingerprint density at radius 3 is 2.13 bits per heavy atom. The van der Waals surface area contributed by atoms with Gasteiger partial charge in [-0.25, -0.2) is 8.42 Å². The van der Waals surface area contributed by atoms with Crippen LogP contribution in [0.5, 0.6) is 11.5 Å². The van der Waals surface area contributed by atoms with E-state index in [1.165, 1.54) is 25.2 Å². The molecule has 0 saturated carbocycles. The molecule has 1 N–H and O–H groups in total. The molecule has 0 unspecified atom stereocenters. The van der Waals surface area contributed by atoms with Crippen LogP contribution in [-0.4, -0.2) is 63.7 Å². The second-order valence-electron chi connectivity index (χ2n) is 9.69. The predicted molar refractivity (Wildman–Crippen MR) is 151 cm³/mol. The van der Waals surface area contributed by atoms with Gasteiger partial charge in [0, 0.05) is 33.8 Å². The summed E-state index contributed by atoms with van der Waals surface area (Å²) in [6.45, 7) is 6.53. The molecule has 2 aromatic rings. The van der Waals surface area contributed by atoms with E-state index in [-0.39, 0.29) is 30.3 Å². The zero-order chi connectivity index (χ0) is 28.8. The summed E-state index contributed by atoms with van der Waals surface area (Å²) in [4.78, 5) is 28.5. The Hall–Kier alpha value is -2.69. The van der Waals surface area contributed by atoms with Crippen molar-refractivity contribution in [1.29, 1.82) is 0 Å². The molecular formula is C26H35Cl2N3O6S. The zero-order valence-corrected chi connectivity index (χ0v) is 25.0. The average molecular weight is 589 g/mol. The first-order valence-electron chi connectivity index (χ1n) is 11.9. The molecule has 2 rings (SSSR count). The number of nitrogens with one attached hydrogen (secondary N) is 1. The summed E-state index contributed by atoms with van der Waals surface area (Å²) in [7, 11) is -1.14. The number of rotatable bonds is 11. The minimum Gasteiger partial charge on any atom is -0.497 e. The molecule has 0 fully saturated rings. The Morgan fingerprint density at radius 2 is 1.66 bits per heavy atom. The first kappa shape index (κ1) is 31.5. The molecule has 0 spiro atoms. The maximum Gasteiger partial charge on any atom is 0.244 e. The summed E-state index contributed by atoms with van der Waals surface area (Å²) in [6.07, 6.45) is 1.25.